The van der Waals surface area contributed by atoms with Crippen molar-refractivity contribution in [2.45, 2.75) is 6.92 Å². The van der Waals surface area contributed by atoms with Gasteiger partial charge in [-0.25, -0.2) is 0 Å². The van der Waals surface area contributed by atoms with Crippen LogP contribution in [0.25, 0.3) is 11.0 Å². The van der Waals surface area contributed by atoms with Crippen LogP contribution in [-0.4, -0.2) is 25.4 Å². The molecule has 0 saturated carbocycles. The fourth-order valence-electron chi connectivity index (χ4n) is 1.60. The summed E-state index contributed by atoms with van der Waals surface area (Å²) >= 11 is 0. The normalized spacial score (nSPS) is 10.7. The average molecular weight is 222 g/mol. The summed E-state index contributed by atoms with van der Waals surface area (Å²) in [6, 6.07) is 3.76. The first-order valence-electron chi connectivity index (χ1n) is 5.03. The Morgan fingerprint density at radius 1 is 1.44 bits per heavy atom. The van der Waals surface area contributed by atoms with Crippen molar-refractivity contribution >= 4 is 11.0 Å². The van der Waals surface area contributed by atoms with Crippen LogP contribution in [0.4, 0.5) is 0 Å². The molecule has 5 nitrogen and oxygen atoms in total. The first-order valence-corrected chi connectivity index (χ1v) is 5.03. The predicted octanol–water partition coefficient (Wildman–Crippen LogP) is 1.48. The van der Waals surface area contributed by atoms with E-state index in [9.17, 15) is 0 Å². The standard InChI is InChI=1S/C11H14N2O3/c1-7-3-4-8-9(10(7)14-2)11(13-16-8)15-6-5-12/h3-4H,5-6,12H2,1-2H3. The third kappa shape index (κ3) is 1.69. The largest absolute Gasteiger partial charge is 0.495 e. The summed E-state index contributed by atoms with van der Waals surface area (Å²) in [4.78, 5) is 0. The molecule has 1 heterocycles. The number of rotatable bonds is 4. The van der Waals surface area contributed by atoms with Gasteiger partial charge in [-0.2, -0.15) is 0 Å². The monoisotopic (exact) mass is 222 g/mol. The molecule has 0 amide bonds. The van der Waals surface area contributed by atoms with E-state index in [1.807, 2.05) is 19.1 Å². The molecule has 0 aliphatic carbocycles. The number of nitrogens with zero attached hydrogens (tertiary/aromatic N) is 1. The van der Waals surface area contributed by atoms with Gasteiger partial charge in [-0.15, -0.1) is 0 Å². The Morgan fingerprint density at radius 2 is 2.25 bits per heavy atom. The van der Waals surface area contributed by atoms with Crippen molar-refractivity contribution in [2.24, 2.45) is 5.73 Å². The van der Waals surface area contributed by atoms with Crippen LogP contribution in [0, 0.1) is 6.92 Å². The fraction of sp³-hybridized carbons (Fsp3) is 0.364. The van der Waals surface area contributed by atoms with Gasteiger partial charge in [0.25, 0.3) is 5.88 Å². The van der Waals surface area contributed by atoms with Gasteiger partial charge >= 0.3 is 0 Å². The fourth-order valence-corrected chi connectivity index (χ4v) is 1.60. The van der Waals surface area contributed by atoms with Crippen molar-refractivity contribution in [1.29, 1.82) is 0 Å². The Balaban J connectivity index is 2.54. The molecule has 0 fully saturated rings. The van der Waals surface area contributed by atoms with Gasteiger partial charge in [0.1, 0.15) is 17.7 Å². The van der Waals surface area contributed by atoms with Crippen LogP contribution in [0.15, 0.2) is 16.7 Å². The minimum atomic E-state index is 0.402. The molecule has 2 N–H and O–H groups in total. The van der Waals surface area contributed by atoms with Crippen molar-refractivity contribution in [2.75, 3.05) is 20.3 Å². The minimum absolute atomic E-state index is 0.402. The van der Waals surface area contributed by atoms with Gasteiger partial charge in [0.2, 0.25) is 0 Å². The molecular formula is C11H14N2O3. The SMILES string of the molecule is COc1c(C)ccc2onc(OCCN)c12. The lowest BCUT2D eigenvalue weighted by molar-refractivity contribution is 0.292. The lowest BCUT2D eigenvalue weighted by Crippen LogP contribution is -2.10. The number of methoxy groups -OCH3 is 1. The van der Waals surface area contributed by atoms with E-state index in [0.717, 1.165) is 16.7 Å². The van der Waals surface area contributed by atoms with Gasteiger partial charge in [0.15, 0.2) is 5.58 Å². The lowest BCUT2D eigenvalue weighted by atomic mass is 10.1. The highest BCUT2D eigenvalue weighted by molar-refractivity contribution is 5.89. The minimum Gasteiger partial charge on any atom is -0.495 e. The third-order valence-corrected chi connectivity index (χ3v) is 2.32. The highest BCUT2D eigenvalue weighted by Crippen LogP contribution is 2.35. The highest BCUT2D eigenvalue weighted by atomic mass is 16.5. The van der Waals surface area contributed by atoms with Crippen molar-refractivity contribution in [1.82, 2.24) is 5.16 Å². The number of aryl methyl sites for hydroxylation is 1. The van der Waals surface area contributed by atoms with E-state index in [2.05, 4.69) is 5.16 Å². The number of ether oxygens (including phenoxy) is 2. The van der Waals surface area contributed by atoms with Crippen LogP contribution in [0.1, 0.15) is 5.56 Å². The topological polar surface area (TPSA) is 70.5 Å². The summed E-state index contributed by atoms with van der Waals surface area (Å²) in [6.07, 6.45) is 0. The second-order valence-corrected chi connectivity index (χ2v) is 3.41. The number of hydrogen-bond donors (Lipinski definition) is 1. The van der Waals surface area contributed by atoms with Crippen LogP contribution >= 0.6 is 0 Å². The highest BCUT2D eigenvalue weighted by Gasteiger charge is 2.16. The van der Waals surface area contributed by atoms with Gasteiger partial charge < -0.3 is 19.7 Å². The molecule has 0 atom stereocenters. The number of hydrogen-bond acceptors (Lipinski definition) is 5. The summed E-state index contributed by atoms with van der Waals surface area (Å²) in [5.41, 5.74) is 7.03. The number of benzene rings is 1. The number of aromatic nitrogens is 1. The van der Waals surface area contributed by atoms with Gasteiger partial charge in [-0.05, 0) is 23.7 Å². The molecule has 0 aliphatic heterocycles. The Labute approximate surface area is 93.1 Å². The second kappa shape index (κ2) is 4.40. The molecule has 0 unspecified atom stereocenters. The second-order valence-electron chi connectivity index (χ2n) is 3.41. The molecule has 2 rings (SSSR count). The molecule has 0 bridgehead atoms. The zero-order chi connectivity index (χ0) is 11.5. The maximum absolute atomic E-state index is 5.40. The quantitative estimate of drug-likeness (QED) is 0.848. The summed E-state index contributed by atoms with van der Waals surface area (Å²) in [5.74, 6) is 1.16. The average Bonchev–Trinajstić information content (AvgIpc) is 2.70. The Kier molecular flexibility index (Phi) is 2.96. The molecular weight excluding hydrogens is 208 g/mol. The van der Waals surface area contributed by atoms with Crippen LogP contribution in [-0.2, 0) is 0 Å². The molecule has 5 heteroatoms. The van der Waals surface area contributed by atoms with Crippen molar-refractivity contribution in [3.8, 4) is 11.6 Å². The maximum atomic E-state index is 5.40. The van der Waals surface area contributed by atoms with Gasteiger partial charge in [-0.3, -0.25) is 0 Å². The zero-order valence-corrected chi connectivity index (χ0v) is 9.32. The molecule has 2 aromatic rings. The Bertz CT molecular complexity index is 493. The summed E-state index contributed by atoms with van der Waals surface area (Å²) in [6.45, 7) is 2.79. The molecule has 0 saturated heterocycles. The third-order valence-electron chi connectivity index (χ3n) is 2.32. The van der Waals surface area contributed by atoms with E-state index in [4.69, 9.17) is 19.7 Å². The molecule has 86 valence electrons. The summed E-state index contributed by atoms with van der Waals surface area (Å²) in [7, 11) is 1.61. The number of nitrogens with two attached hydrogens (primary N) is 1. The summed E-state index contributed by atoms with van der Waals surface area (Å²) < 4.78 is 15.9. The van der Waals surface area contributed by atoms with Crippen LogP contribution < -0.4 is 15.2 Å². The molecule has 1 aromatic heterocycles. The molecule has 1 aromatic carbocycles. The van der Waals surface area contributed by atoms with E-state index in [1.54, 1.807) is 7.11 Å². The maximum Gasteiger partial charge on any atom is 0.265 e. The lowest BCUT2D eigenvalue weighted by Gasteiger charge is -2.06. The van der Waals surface area contributed by atoms with Crippen molar-refractivity contribution < 1.29 is 14.0 Å². The van der Waals surface area contributed by atoms with E-state index >= 15 is 0 Å². The van der Waals surface area contributed by atoms with Gasteiger partial charge in [0.05, 0.1) is 7.11 Å². The molecule has 0 aliphatic rings. The molecule has 16 heavy (non-hydrogen) atoms. The van der Waals surface area contributed by atoms with Gasteiger partial charge in [-0.1, -0.05) is 6.07 Å². The van der Waals surface area contributed by atoms with Crippen molar-refractivity contribution in [3.63, 3.8) is 0 Å². The summed E-state index contributed by atoms with van der Waals surface area (Å²) in [5, 5.41) is 4.61. The van der Waals surface area contributed by atoms with Crippen LogP contribution in [0.2, 0.25) is 0 Å². The first-order chi connectivity index (χ1) is 7.77. The van der Waals surface area contributed by atoms with Crippen LogP contribution in [0.3, 0.4) is 0 Å². The number of fused-ring (bicyclic) bond motifs is 1. The van der Waals surface area contributed by atoms with E-state index in [-0.39, 0.29) is 0 Å². The van der Waals surface area contributed by atoms with Crippen LogP contribution in [0.5, 0.6) is 11.6 Å². The van der Waals surface area contributed by atoms with E-state index < -0.39 is 0 Å². The van der Waals surface area contributed by atoms with Crippen molar-refractivity contribution in [3.05, 3.63) is 17.7 Å². The zero-order valence-electron chi connectivity index (χ0n) is 9.32. The predicted molar refractivity (Wildman–Crippen MR) is 59.8 cm³/mol. The first kappa shape index (κ1) is 10.8. The van der Waals surface area contributed by atoms with Gasteiger partial charge in [0, 0.05) is 6.54 Å². The Morgan fingerprint density at radius 3 is 2.94 bits per heavy atom. The van der Waals surface area contributed by atoms with E-state index in [0.29, 0.717) is 24.6 Å². The Hall–Kier alpha value is -1.75. The smallest absolute Gasteiger partial charge is 0.265 e. The molecule has 0 spiro atoms. The molecule has 0 radical (unpaired) electrons. The van der Waals surface area contributed by atoms with E-state index in [1.165, 1.54) is 0 Å².